The van der Waals surface area contributed by atoms with Crippen molar-refractivity contribution in [2.45, 2.75) is 52.4 Å². The van der Waals surface area contributed by atoms with Crippen LogP contribution in [-0.2, 0) is 0 Å². The summed E-state index contributed by atoms with van der Waals surface area (Å²) in [4.78, 5) is 0. The lowest BCUT2D eigenvalue weighted by atomic mass is 10.0. The van der Waals surface area contributed by atoms with E-state index in [-0.39, 0.29) is 11.5 Å². The smallest absolute Gasteiger partial charge is 0.160 e. The lowest BCUT2D eigenvalue weighted by molar-refractivity contribution is 0.290. The average molecular weight is 358 g/mol. The standard InChI is InChI=1S/C22H30O4/c1-3-5-7-13-25-21-11-9-17(15-19(21)23)18-10-12-22(20(24)16-18)26-14-8-6-4-2/h9-12,15-16,23-24H,3-8,13-14H2,1-2H3. The molecule has 0 bridgehead atoms. The molecule has 4 heteroatoms. The molecular formula is C22H30O4. The molecule has 0 spiro atoms. The Kier molecular flexibility index (Phi) is 8.13. The first-order chi connectivity index (χ1) is 12.7. The molecule has 2 aromatic carbocycles. The predicted octanol–water partition coefficient (Wildman–Crippen LogP) is 5.90. The topological polar surface area (TPSA) is 58.9 Å². The molecule has 4 nitrogen and oxygen atoms in total. The summed E-state index contributed by atoms with van der Waals surface area (Å²) >= 11 is 0. The van der Waals surface area contributed by atoms with Gasteiger partial charge in [-0.3, -0.25) is 0 Å². The van der Waals surface area contributed by atoms with Gasteiger partial charge < -0.3 is 19.7 Å². The van der Waals surface area contributed by atoms with Crippen LogP contribution in [0.15, 0.2) is 36.4 Å². The summed E-state index contributed by atoms with van der Waals surface area (Å²) < 4.78 is 11.2. The van der Waals surface area contributed by atoms with Gasteiger partial charge in [-0.25, -0.2) is 0 Å². The van der Waals surface area contributed by atoms with E-state index in [9.17, 15) is 10.2 Å². The van der Waals surface area contributed by atoms with Crippen molar-refractivity contribution in [2.24, 2.45) is 0 Å². The quantitative estimate of drug-likeness (QED) is 0.491. The molecule has 0 amide bonds. The molecule has 0 saturated heterocycles. The van der Waals surface area contributed by atoms with Gasteiger partial charge in [0, 0.05) is 0 Å². The highest BCUT2D eigenvalue weighted by Gasteiger charge is 2.09. The fourth-order valence-corrected chi connectivity index (χ4v) is 2.71. The number of rotatable bonds is 11. The van der Waals surface area contributed by atoms with Crippen molar-refractivity contribution in [1.29, 1.82) is 0 Å². The van der Waals surface area contributed by atoms with Crippen molar-refractivity contribution < 1.29 is 19.7 Å². The molecule has 142 valence electrons. The normalized spacial score (nSPS) is 10.7. The summed E-state index contributed by atoms with van der Waals surface area (Å²) in [5.41, 5.74) is 1.63. The first kappa shape index (κ1) is 20.0. The highest BCUT2D eigenvalue weighted by Crippen LogP contribution is 2.35. The van der Waals surface area contributed by atoms with Gasteiger partial charge in [-0.2, -0.15) is 0 Å². The number of phenolic OH excluding ortho intramolecular Hbond substituents is 2. The molecule has 0 heterocycles. The van der Waals surface area contributed by atoms with Gasteiger partial charge in [0.2, 0.25) is 0 Å². The summed E-state index contributed by atoms with van der Waals surface area (Å²) in [6.07, 6.45) is 6.46. The second-order valence-electron chi connectivity index (χ2n) is 6.48. The number of ether oxygens (including phenoxy) is 2. The van der Waals surface area contributed by atoms with E-state index in [0.717, 1.165) is 49.7 Å². The molecule has 0 aliphatic carbocycles. The van der Waals surface area contributed by atoms with Crippen LogP contribution in [0.5, 0.6) is 23.0 Å². The molecule has 0 aliphatic rings. The summed E-state index contributed by atoms with van der Waals surface area (Å²) in [6, 6.07) is 10.6. The minimum absolute atomic E-state index is 0.110. The van der Waals surface area contributed by atoms with Gasteiger partial charge in [-0.1, -0.05) is 51.7 Å². The summed E-state index contributed by atoms with van der Waals surface area (Å²) in [5.74, 6) is 1.20. The van der Waals surface area contributed by atoms with Crippen molar-refractivity contribution in [2.75, 3.05) is 13.2 Å². The molecule has 0 radical (unpaired) electrons. The lowest BCUT2D eigenvalue weighted by Crippen LogP contribution is -1.98. The zero-order valence-corrected chi connectivity index (χ0v) is 15.8. The Morgan fingerprint density at radius 2 is 1.08 bits per heavy atom. The van der Waals surface area contributed by atoms with E-state index in [0.29, 0.717) is 24.7 Å². The monoisotopic (exact) mass is 358 g/mol. The molecular weight excluding hydrogens is 328 g/mol. The van der Waals surface area contributed by atoms with Crippen molar-refractivity contribution in [3.05, 3.63) is 36.4 Å². The molecule has 2 rings (SSSR count). The minimum atomic E-state index is 0.110. The highest BCUT2D eigenvalue weighted by molar-refractivity contribution is 5.69. The van der Waals surface area contributed by atoms with Gasteiger partial charge in [0.1, 0.15) is 0 Å². The van der Waals surface area contributed by atoms with E-state index in [4.69, 9.17) is 9.47 Å². The van der Waals surface area contributed by atoms with Crippen LogP contribution in [0.3, 0.4) is 0 Å². The van der Waals surface area contributed by atoms with Crippen LogP contribution in [0.4, 0.5) is 0 Å². The van der Waals surface area contributed by atoms with Crippen molar-refractivity contribution in [3.8, 4) is 34.1 Å². The van der Waals surface area contributed by atoms with Crippen LogP contribution < -0.4 is 9.47 Å². The summed E-state index contributed by atoms with van der Waals surface area (Å²) in [7, 11) is 0. The van der Waals surface area contributed by atoms with E-state index in [1.54, 1.807) is 24.3 Å². The largest absolute Gasteiger partial charge is 0.504 e. The van der Waals surface area contributed by atoms with Crippen LogP contribution in [0.1, 0.15) is 52.4 Å². The van der Waals surface area contributed by atoms with Crippen LogP contribution in [-0.4, -0.2) is 23.4 Å². The Morgan fingerprint density at radius 1 is 0.654 bits per heavy atom. The Hall–Kier alpha value is -2.36. The zero-order valence-electron chi connectivity index (χ0n) is 15.8. The van der Waals surface area contributed by atoms with Crippen molar-refractivity contribution in [1.82, 2.24) is 0 Å². The van der Waals surface area contributed by atoms with Crippen LogP contribution in [0.25, 0.3) is 11.1 Å². The third kappa shape index (κ3) is 5.87. The Morgan fingerprint density at radius 3 is 1.42 bits per heavy atom. The number of unbranched alkanes of at least 4 members (excludes halogenated alkanes) is 4. The SMILES string of the molecule is CCCCCOc1ccc(-c2ccc(OCCCCC)c(O)c2)cc1O. The number of hydrogen-bond donors (Lipinski definition) is 2. The third-order valence-corrected chi connectivity index (χ3v) is 4.26. The first-order valence-corrected chi connectivity index (χ1v) is 9.57. The summed E-state index contributed by atoms with van der Waals surface area (Å²) in [5, 5.41) is 20.4. The zero-order chi connectivity index (χ0) is 18.8. The maximum Gasteiger partial charge on any atom is 0.160 e. The lowest BCUT2D eigenvalue weighted by Gasteiger charge is -2.11. The molecule has 0 fully saturated rings. The molecule has 0 unspecified atom stereocenters. The molecule has 0 aromatic heterocycles. The predicted molar refractivity (Wildman–Crippen MR) is 105 cm³/mol. The number of hydrogen-bond acceptors (Lipinski definition) is 4. The second-order valence-corrected chi connectivity index (χ2v) is 6.48. The first-order valence-electron chi connectivity index (χ1n) is 9.57. The average Bonchev–Trinajstić information content (AvgIpc) is 2.64. The van der Waals surface area contributed by atoms with Gasteiger partial charge in [0.15, 0.2) is 23.0 Å². The second kappa shape index (κ2) is 10.6. The molecule has 26 heavy (non-hydrogen) atoms. The van der Waals surface area contributed by atoms with E-state index >= 15 is 0 Å². The van der Waals surface area contributed by atoms with E-state index in [1.807, 2.05) is 12.1 Å². The van der Waals surface area contributed by atoms with Gasteiger partial charge in [-0.15, -0.1) is 0 Å². The third-order valence-electron chi connectivity index (χ3n) is 4.26. The molecule has 0 saturated carbocycles. The van der Waals surface area contributed by atoms with Gasteiger partial charge >= 0.3 is 0 Å². The van der Waals surface area contributed by atoms with Crippen molar-refractivity contribution in [3.63, 3.8) is 0 Å². The maximum absolute atomic E-state index is 10.2. The van der Waals surface area contributed by atoms with Crippen LogP contribution in [0, 0.1) is 0 Å². The van der Waals surface area contributed by atoms with E-state index in [2.05, 4.69) is 13.8 Å². The minimum Gasteiger partial charge on any atom is -0.504 e. The fourth-order valence-electron chi connectivity index (χ4n) is 2.71. The van der Waals surface area contributed by atoms with Crippen LogP contribution >= 0.6 is 0 Å². The van der Waals surface area contributed by atoms with Gasteiger partial charge in [0.25, 0.3) is 0 Å². The fraction of sp³-hybridized carbons (Fsp3) is 0.455. The molecule has 0 aliphatic heterocycles. The van der Waals surface area contributed by atoms with Gasteiger partial charge in [0.05, 0.1) is 13.2 Å². The Labute approximate surface area is 156 Å². The number of aromatic hydroxyl groups is 2. The van der Waals surface area contributed by atoms with Crippen molar-refractivity contribution >= 4 is 0 Å². The molecule has 2 N–H and O–H groups in total. The van der Waals surface area contributed by atoms with E-state index in [1.165, 1.54) is 0 Å². The van der Waals surface area contributed by atoms with Crippen LogP contribution in [0.2, 0.25) is 0 Å². The summed E-state index contributed by atoms with van der Waals surface area (Å²) in [6.45, 7) is 5.49. The Bertz CT molecular complexity index is 622. The molecule has 0 atom stereocenters. The van der Waals surface area contributed by atoms with Gasteiger partial charge in [-0.05, 0) is 48.2 Å². The number of phenols is 2. The molecule has 2 aromatic rings. The highest BCUT2D eigenvalue weighted by atomic mass is 16.5. The van der Waals surface area contributed by atoms with E-state index < -0.39 is 0 Å². The maximum atomic E-state index is 10.2. The number of benzene rings is 2. The Balaban J connectivity index is 2.01.